The number of pyridine rings is 1. The van der Waals surface area contributed by atoms with Crippen LogP contribution in [0.2, 0.25) is 0 Å². The molecule has 3 rings (SSSR count). The van der Waals surface area contributed by atoms with Crippen molar-refractivity contribution in [2.24, 2.45) is 5.92 Å². The molecule has 0 bridgehead atoms. The third-order valence-corrected chi connectivity index (χ3v) is 5.46. The molecule has 0 radical (unpaired) electrons. The molecule has 1 saturated heterocycles. The zero-order valence-electron chi connectivity index (χ0n) is 16.2. The highest BCUT2D eigenvalue weighted by molar-refractivity contribution is 9.10. The molecule has 1 N–H and O–H groups in total. The van der Waals surface area contributed by atoms with Crippen LogP contribution in [-0.2, 0) is 4.79 Å². The minimum absolute atomic E-state index is 0.00163. The Hall–Kier alpha value is -1.99. The SMILES string of the molecule is CC(C)C(NC(=O)CN1CCN(c2ccc(Br)cn2)CC1)c1ccc(F)cc1. The summed E-state index contributed by atoms with van der Waals surface area (Å²) < 4.78 is 14.2. The lowest BCUT2D eigenvalue weighted by Gasteiger charge is -2.35. The topological polar surface area (TPSA) is 48.5 Å². The van der Waals surface area contributed by atoms with Gasteiger partial charge in [-0.2, -0.15) is 0 Å². The van der Waals surface area contributed by atoms with Gasteiger partial charge in [0.1, 0.15) is 11.6 Å². The smallest absolute Gasteiger partial charge is 0.234 e. The Kier molecular flexibility index (Phi) is 7.02. The average Bonchev–Trinajstić information content (AvgIpc) is 2.68. The Bertz CT molecular complexity index is 774. The molecule has 1 atom stereocenters. The van der Waals surface area contributed by atoms with E-state index in [0.29, 0.717) is 6.54 Å². The number of anilines is 1. The summed E-state index contributed by atoms with van der Waals surface area (Å²) in [6.45, 7) is 7.78. The summed E-state index contributed by atoms with van der Waals surface area (Å²) in [6, 6.07) is 10.2. The first-order chi connectivity index (χ1) is 13.4. The van der Waals surface area contributed by atoms with E-state index in [0.717, 1.165) is 42.0 Å². The molecule has 28 heavy (non-hydrogen) atoms. The lowest BCUT2D eigenvalue weighted by Crippen LogP contribution is -2.50. The molecule has 2 heterocycles. The van der Waals surface area contributed by atoms with Crippen LogP contribution in [0.1, 0.15) is 25.5 Å². The Morgan fingerprint density at radius 3 is 2.39 bits per heavy atom. The molecule has 2 aromatic rings. The van der Waals surface area contributed by atoms with Crippen molar-refractivity contribution in [3.05, 3.63) is 58.4 Å². The van der Waals surface area contributed by atoms with Crippen molar-refractivity contribution in [1.29, 1.82) is 0 Å². The molecule has 0 aliphatic carbocycles. The summed E-state index contributed by atoms with van der Waals surface area (Å²) >= 11 is 3.40. The number of benzene rings is 1. The minimum atomic E-state index is -0.268. The first-order valence-corrected chi connectivity index (χ1v) is 10.4. The van der Waals surface area contributed by atoms with Gasteiger partial charge in [-0.15, -0.1) is 0 Å². The number of aromatic nitrogens is 1. The van der Waals surface area contributed by atoms with Gasteiger partial charge in [0.15, 0.2) is 0 Å². The van der Waals surface area contributed by atoms with Crippen LogP contribution in [0.25, 0.3) is 0 Å². The van der Waals surface area contributed by atoms with Crippen LogP contribution in [0.15, 0.2) is 47.1 Å². The molecule has 1 aromatic heterocycles. The molecule has 150 valence electrons. The quantitative estimate of drug-likeness (QED) is 0.732. The molecule has 7 heteroatoms. The molecular weight excluding hydrogens is 423 g/mol. The first kappa shape index (κ1) is 20.7. The van der Waals surface area contributed by atoms with Crippen LogP contribution in [0, 0.1) is 11.7 Å². The van der Waals surface area contributed by atoms with Crippen molar-refractivity contribution in [1.82, 2.24) is 15.2 Å². The largest absolute Gasteiger partial charge is 0.354 e. The van der Waals surface area contributed by atoms with Gasteiger partial charge in [0.05, 0.1) is 12.6 Å². The highest BCUT2D eigenvalue weighted by Gasteiger charge is 2.23. The van der Waals surface area contributed by atoms with Gasteiger partial charge in [0, 0.05) is 36.8 Å². The number of hydrogen-bond acceptors (Lipinski definition) is 4. The fraction of sp³-hybridized carbons (Fsp3) is 0.429. The van der Waals surface area contributed by atoms with E-state index in [1.54, 1.807) is 18.3 Å². The number of rotatable bonds is 6. The summed E-state index contributed by atoms with van der Waals surface area (Å²) in [6.07, 6.45) is 1.80. The maximum absolute atomic E-state index is 13.2. The van der Waals surface area contributed by atoms with E-state index in [-0.39, 0.29) is 23.7 Å². The van der Waals surface area contributed by atoms with E-state index >= 15 is 0 Å². The van der Waals surface area contributed by atoms with Crippen molar-refractivity contribution in [3.8, 4) is 0 Å². The number of nitrogens with zero attached hydrogens (tertiary/aromatic N) is 3. The van der Waals surface area contributed by atoms with Crippen LogP contribution in [0.5, 0.6) is 0 Å². The van der Waals surface area contributed by atoms with Crippen LogP contribution < -0.4 is 10.2 Å². The molecule has 1 fully saturated rings. The zero-order valence-corrected chi connectivity index (χ0v) is 17.8. The number of amides is 1. The van der Waals surface area contributed by atoms with E-state index in [1.165, 1.54) is 12.1 Å². The Labute approximate surface area is 174 Å². The summed E-state index contributed by atoms with van der Waals surface area (Å²) in [5, 5.41) is 3.11. The van der Waals surface area contributed by atoms with E-state index in [2.05, 4.69) is 49.9 Å². The number of piperazine rings is 1. The molecule has 0 spiro atoms. The third-order valence-electron chi connectivity index (χ3n) is 4.99. The lowest BCUT2D eigenvalue weighted by molar-refractivity contribution is -0.123. The number of halogens is 2. The van der Waals surface area contributed by atoms with Gasteiger partial charge in [0.2, 0.25) is 5.91 Å². The summed E-state index contributed by atoms with van der Waals surface area (Å²) in [5.41, 5.74) is 0.927. The monoisotopic (exact) mass is 448 g/mol. The molecule has 1 aliphatic rings. The van der Waals surface area contributed by atoms with Gasteiger partial charge in [-0.25, -0.2) is 9.37 Å². The standard InChI is InChI=1S/C21H26BrFN4O/c1-15(2)21(16-3-6-18(23)7-4-16)25-20(28)14-26-9-11-27(12-10-26)19-8-5-17(22)13-24-19/h3-8,13,15,21H,9-12,14H2,1-2H3,(H,25,28). The summed E-state index contributed by atoms with van der Waals surface area (Å²) in [5.74, 6) is 0.909. The van der Waals surface area contributed by atoms with Crippen molar-refractivity contribution >= 4 is 27.7 Å². The Balaban J connectivity index is 1.52. The molecule has 1 aliphatic heterocycles. The summed E-state index contributed by atoms with van der Waals surface area (Å²) in [7, 11) is 0. The molecule has 5 nitrogen and oxygen atoms in total. The predicted molar refractivity (Wildman–Crippen MR) is 113 cm³/mol. The Morgan fingerprint density at radius 1 is 1.14 bits per heavy atom. The van der Waals surface area contributed by atoms with E-state index in [1.807, 2.05) is 12.1 Å². The number of nitrogens with one attached hydrogen (secondary N) is 1. The maximum Gasteiger partial charge on any atom is 0.234 e. The molecule has 1 unspecified atom stereocenters. The van der Waals surface area contributed by atoms with Gasteiger partial charge in [-0.3, -0.25) is 9.69 Å². The van der Waals surface area contributed by atoms with E-state index < -0.39 is 0 Å². The number of hydrogen-bond donors (Lipinski definition) is 1. The van der Waals surface area contributed by atoms with Crippen LogP contribution in [-0.4, -0.2) is 48.5 Å². The highest BCUT2D eigenvalue weighted by atomic mass is 79.9. The van der Waals surface area contributed by atoms with Crippen LogP contribution in [0.3, 0.4) is 0 Å². The van der Waals surface area contributed by atoms with Crippen LogP contribution in [0.4, 0.5) is 10.2 Å². The fourth-order valence-corrected chi connectivity index (χ4v) is 3.65. The van der Waals surface area contributed by atoms with Crippen molar-refractivity contribution in [3.63, 3.8) is 0 Å². The number of carbonyl (C=O) groups excluding carboxylic acids is 1. The molecule has 0 saturated carbocycles. The number of carbonyl (C=O) groups is 1. The molecule has 1 aromatic carbocycles. The third kappa shape index (κ3) is 5.52. The van der Waals surface area contributed by atoms with Gasteiger partial charge < -0.3 is 10.2 Å². The minimum Gasteiger partial charge on any atom is -0.354 e. The van der Waals surface area contributed by atoms with Crippen molar-refractivity contribution < 1.29 is 9.18 Å². The normalized spacial score (nSPS) is 16.2. The fourth-order valence-electron chi connectivity index (χ4n) is 3.42. The predicted octanol–water partition coefficient (Wildman–Crippen LogP) is 3.62. The van der Waals surface area contributed by atoms with Gasteiger partial charge in [-0.1, -0.05) is 26.0 Å². The molecular formula is C21H26BrFN4O. The van der Waals surface area contributed by atoms with Crippen molar-refractivity contribution in [2.45, 2.75) is 19.9 Å². The van der Waals surface area contributed by atoms with Gasteiger partial charge in [0.25, 0.3) is 0 Å². The van der Waals surface area contributed by atoms with Crippen molar-refractivity contribution in [2.75, 3.05) is 37.6 Å². The zero-order chi connectivity index (χ0) is 20.1. The lowest BCUT2D eigenvalue weighted by atomic mass is 9.96. The second kappa shape index (κ2) is 9.47. The average molecular weight is 449 g/mol. The maximum atomic E-state index is 13.2. The second-order valence-electron chi connectivity index (χ2n) is 7.44. The first-order valence-electron chi connectivity index (χ1n) is 9.56. The van der Waals surface area contributed by atoms with E-state index in [4.69, 9.17) is 0 Å². The molecule has 1 amide bonds. The van der Waals surface area contributed by atoms with Crippen LogP contribution >= 0.6 is 15.9 Å². The highest BCUT2D eigenvalue weighted by Crippen LogP contribution is 2.22. The van der Waals surface area contributed by atoms with Gasteiger partial charge >= 0.3 is 0 Å². The van der Waals surface area contributed by atoms with E-state index in [9.17, 15) is 9.18 Å². The Morgan fingerprint density at radius 2 is 1.82 bits per heavy atom. The van der Waals surface area contributed by atoms with Gasteiger partial charge in [-0.05, 0) is 51.7 Å². The summed E-state index contributed by atoms with van der Waals surface area (Å²) in [4.78, 5) is 21.4. The second-order valence-corrected chi connectivity index (χ2v) is 8.35.